The largest absolute Gasteiger partial charge is 0.481 e. The van der Waals surface area contributed by atoms with Crippen LogP contribution in [0.3, 0.4) is 0 Å². The fraction of sp³-hybridized carbons (Fsp3) is 0.188. The highest BCUT2D eigenvalue weighted by Crippen LogP contribution is 2.35. The highest BCUT2D eigenvalue weighted by atomic mass is 79.9. The summed E-state index contributed by atoms with van der Waals surface area (Å²) in [5.74, 6) is -1.33. The molecule has 1 unspecified atom stereocenters. The van der Waals surface area contributed by atoms with Crippen molar-refractivity contribution in [2.24, 2.45) is 0 Å². The average molecular weight is 317 g/mol. The minimum Gasteiger partial charge on any atom is -0.481 e. The smallest absolute Gasteiger partial charge is 0.315 e. The average Bonchev–Trinajstić information content (AvgIpc) is 2.55. The van der Waals surface area contributed by atoms with Crippen molar-refractivity contribution in [1.82, 2.24) is 0 Å². The van der Waals surface area contributed by atoms with Crippen LogP contribution in [0.4, 0.5) is 0 Å². The van der Waals surface area contributed by atoms with Gasteiger partial charge in [0.1, 0.15) is 5.92 Å². The molecule has 0 aromatic heterocycles. The summed E-state index contributed by atoms with van der Waals surface area (Å²) in [7, 11) is 0. The van der Waals surface area contributed by atoms with Gasteiger partial charge in [0, 0.05) is 4.47 Å². The fourth-order valence-corrected chi connectivity index (χ4v) is 3.23. The lowest BCUT2D eigenvalue weighted by molar-refractivity contribution is -0.137. The number of carboxylic acids is 1. The van der Waals surface area contributed by atoms with E-state index in [0.29, 0.717) is 0 Å². The number of carboxylic acid groups (broad SMARTS) is 1. The third kappa shape index (κ3) is 2.19. The van der Waals surface area contributed by atoms with Crippen LogP contribution >= 0.6 is 15.9 Å². The van der Waals surface area contributed by atoms with Crippen molar-refractivity contribution in [2.75, 3.05) is 0 Å². The van der Waals surface area contributed by atoms with Crippen LogP contribution in [0.15, 0.2) is 46.9 Å². The summed E-state index contributed by atoms with van der Waals surface area (Å²) in [4.78, 5) is 11.7. The van der Waals surface area contributed by atoms with Gasteiger partial charge in [-0.1, -0.05) is 46.3 Å². The van der Waals surface area contributed by atoms with Gasteiger partial charge in [0.15, 0.2) is 0 Å². The Labute approximate surface area is 120 Å². The quantitative estimate of drug-likeness (QED) is 0.869. The van der Waals surface area contributed by atoms with Crippen LogP contribution in [0.5, 0.6) is 0 Å². The number of fused-ring (bicyclic) bond motifs is 2. The molecule has 0 amide bonds. The zero-order valence-corrected chi connectivity index (χ0v) is 11.9. The second kappa shape index (κ2) is 4.82. The molecule has 96 valence electrons. The molecule has 0 saturated carbocycles. The highest BCUT2D eigenvalue weighted by Gasteiger charge is 2.28. The fourth-order valence-electron chi connectivity index (χ4n) is 2.82. The number of carbonyl (C=O) groups is 1. The van der Waals surface area contributed by atoms with E-state index in [1.807, 2.05) is 42.5 Å². The lowest BCUT2D eigenvalue weighted by Gasteiger charge is -2.16. The zero-order chi connectivity index (χ0) is 13.4. The standard InChI is InChI=1S/C16H13BrO2/c17-12-7-8-14-11(9-12)6-5-10-3-1-2-4-13(10)15(14)16(18)19/h1-4,7-9,15H,5-6H2,(H,18,19). The van der Waals surface area contributed by atoms with Gasteiger partial charge >= 0.3 is 5.97 Å². The lowest BCUT2D eigenvalue weighted by Crippen LogP contribution is -2.14. The van der Waals surface area contributed by atoms with Gasteiger partial charge in [0.05, 0.1) is 0 Å². The Bertz CT molecular complexity index is 649. The molecule has 0 aliphatic heterocycles. The normalized spacial score (nSPS) is 17.2. The molecule has 19 heavy (non-hydrogen) atoms. The Morgan fingerprint density at radius 3 is 2.53 bits per heavy atom. The molecule has 0 fully saturated rings. The third-order valence-electron chi connectivity index (χ3n) is 3.69. The van der Waals surface area contributed by atoms with Gasteiger partial charge in [-0.2, -0.15) is 0 Å². The van der Waals surface area contributed by atoms with E-state index in [0.717, 1.165) is 39.6 Å². The number of aliphatic carboxylic acids is 1. The van der Waals surface area contributed by atoms with Gasteiger partial charge in [0.25, 0.3) is 0 Å². The van der Waals surface area contributed by atoms with Crippen LogP contribution in [-0.4, -0.2) is 11.1 Å². The van der Waals surface area contributed by atoms with Crippen LogP contribution in [0.2, 0.25) is 0 Å². The van der Waals surface area contributed by atoms with Gasteiger partial charge in [-0.15, -0.1) is 0 Å². The first kappa shape index (κ1) is 12.4. The molecule has 0 bridgehead atoms. The predicted molar refractivity (Wildman–Crippen MR) is 77.5 cm³/mol. The summed E-state index contributed by atoms with van der Waals surface area (Å²) in [6.45, 7) is 0. The van der Waals surface area contributed by atoms with Crippen LogP contribution in [0, 0.1) is 0 Å². The van der Waals surface area contributed by atoms with Crippen LogP contribution in [0.1, 0.15) is 28.2 Å². The molecule has 1 N–H and O–H groups in total. The van der Waals surface area contributed by atoms with Crippen molar-refractivity contribution in [2.45, 2.75) is 18.8 Å². The summed E-state index contributed by atoms with van der Waals surface area (Å²) in [5, 5.41) is 9.61. The second-order valence-electron chi connectivity index (χ2n) is 4.81. The Kier molecular flexibility index (Phi) is 3.15. The number of aryl methyl sites for hydroxylation is 2. The topological polar surface area (TPSA) is 37.3 Å². The number of hydrogen-bond acceptors (Lipinski definition) is 1. The Morgan fingerprint density at radius 2 is 1.74 bits per heavy atom. The first-order chi connectivity index (χ1) is 9.16. The Hall–Kier alpha value is -1.61. The Balaban J connectivity index is 2.24. The van der Waals surface area contributed by atoms with Crippen LogP contribution in [0.25, 0.3) is 0 Å². The van der Waals surface area contributed by atoms with Crippen molar-refractivity contribution >= 4 is 21.9 Å². The number of halogens is 1. The summed E-state index contributed by atoms with van der Waals surface area (Å²) >= 11 is 3.46. The minimum atomic E-state index is -0.780. The first-order valence-electron chi connectivity index (χ1n) is 6.26. The molecule has 2 nitrogen and oxygen atoms in total. The van der Waals surface area contributed by atoms with Crippen molar-refractivity contribution < 1.29 is 9.90 Å². The number of hydrogen-bond donors (Lipinski definition) is 1. The number of benzene rings is 2. The molecule has 0 heterocycles. The van der Waals surface area contributed by atoms with Crippen molar-refractivity contribution in [3.63, 3.8) is 0 Å². The Morgan fingerprint density at radius 1 is 1.05 bits per heavy atom. The summed E-state index contributed by atoms with van der Waals surface area (Å²) in [6.07, 6.45) is 1.78. The van der Waals surface area contributed by atoms with E-state index in [2.05, 4.69) is 15.9 Å². The van der Waals surface area contributed by atoms with Crippen LogP contribution in [-0.2, 0) is 17.6 Å². The molecule has 1 aliphatic rings. The molecule has 1 aliphatic carbocycles. The molecule has 0 saturated heterocycles. The molecular weight excluding hydrogens is 304 g/mol. The van der Waals surface area contributed by atoms with Crippen molar-refractivity contribution in [3.05, 3.63) is 69.2 Å². The van der Waals surface area contributed by atoms with Gasteiger partial charge in [-0.05, 0) is 47.2 Å². The number of rotatable bonds is 1. The van der Waals surface area contributed by atoms with E-state index in [1.54, 1.807) is 0 Å². The van der Waals surface area contributed by atoms with Gasteiger partial charge in [0.2, 0.25) is 0 Å². The van der Waals surface area contributed by atoms with Crippen molar-refractivity contribution in [3.8, 4) is 0 Å². The third-order valence-corrected chi connectivity index (χ3v) is 4.19. The van der Waals surface area contributed by atoms with E-state index < -0.39 is 11.9 Å². The summed E-state index contributed by atoms with van der Waals surface area (Å²) < 4.78 is 1.00. The summed E-state index contributed by atoms with van der Waals surface area (Å²) in [6, 6.07) is 13.7. The monoisotopic (exact) mass is 316 g/mol. The maximum atomic E-state index is 11.7. The van der Waals surface area contributed by atoms with E-state index >= 15 is 0 Å². The van der Waals surface area contributed by atoms with E-state index in [9.17, 15) is 9.90 Å². The molecule has 0 spiro atoms. The van der Waals surface area contributed by atoms with Crippen LogP contribution < -0.4 is 0 Å². The van der Waals surface area contributed by atoms with E-state index in [4.69, 9.17) is 0 Å². The molecule has 3 rings (SSSR count). The van der Waals surface area contributed by atoms with Crippen molar-refractivity contribution in [1.29, 1.82) is 0 Å². The maximum Gasteiger partial charge on any atom is 0.315 e. The molecule has 0 radical (unpaired) electrons. The van der Waals surface area contributed by atoms with E-state index in [1.165, 1.54) is 0 Å². The molecule has 1 atom stereocenters. The van der Waals surface area contributed by atoms with Gasteiger partial charge in [-0.25, -0.2) is 0 Å². The summed E-state index contributed by atoms with van der Waals surface area (Å²) in [5.41, 5.74) is 4.11. The predicted octanol–water partition coefficient (Wildman–Crippen LogP) is 3.76. The first-order valence-corrected chi connectivity index (χ1v) is 7.05. The van der Waals surface area contributed by atoms with E-state index in [-0.39, 0.29) is 0 Å². The maximum absolute atomic E-state index is 11.7. The SMILES string of the molecule is O=C(O)C1c2ccccc2CCc2cc(Br)ccc21. The molecular formula is C16H13BrO2. The second-order valence-corrected chi connectivity index (χ2v) is 5.73. The lowest BCUT2D eigenvalue weighted by atomic mass is 9.88. The van der Waals surface area contributed by atoms with Gasteiger partial charge < -0.3 is 5.11 Å². The highest BCUT2D eigenvalue weighted by molar-refractivity contribution is 9.10. The molecule has 2 aromatic rings. The zero-order valence-electron chi connectivity index (χ0n) is 10.3. The minimum absolute atomic E-state index is 0.554. The van der Waals surface area contributed by atoms with Gasteiger partial charge in [-0.3, -0.25) is 4.79 Å². The molecule has 3 heteroatoms. The molecule has 2 aromatic carbocycles.